The molecule has 1 aromatic carbocycles. The number of hydrogen-bond donors (Lipinski definition) is 1. The van der Waals surface area contributed by atoms with Gasteiger partial charge in [-0.2, -0.15) is 8.42 Å². The Balaban J connectivity index is 2.90. The van der Waals surface area contributed by atoms with Crippen LogP contribution in [0.15, 0.2) is 23.1 Å². The van der Waals surface area contributed by atoms with Crippen LogP contribution in [0.1, 0.15) is 58.9 Å². The maximum atomic E-state index is 12.4. The Labute approximate surface area is 151 Å². The minimum atomic E-state index is -3.95. The van der Waals surface area contributed by atoms with Gasteiger partial charge in [-0.3, -0.25) is 9.50 Å². The molecular formula is C18H29NO5S. The number of ether oxygens (including phenoxy) is 1. The normalized spacial score (nSPS) is 12.0. The molecule has 0 unspecified atom stereocenters. The van der Waals surface area contributed by atoms with E-state index in [0.29, 0.717) is 6.42 Å². The van der Waals surface area contributed by atoms with Gasteiger partial charge in [0.05, 0.1) is 12.3 Å². The van der Waals surface area contributed by atoms with Gasteiger partial charge >= 0.3 is 6.09 Å². The van der Waals surface area contributed by atoms with Gasteiger partial charge in [-0.25, -0.2) is 4.79 Å². The Morgan fingerprint density at radius 1 is 1.16 bits per heavy atom. The van der Waals surface area contributed by atoms with Gasteiger partial charge in [0.15, 0.2) is 0 Å². The number of anilines is 1. The van der Waals surface area contributed by atoms with Crippen LogP contribution in [-0.2, 0) is 19.0 Å². The Kier molecular flexibility index (Phi) is 7.89. The number of unbranched alkanes of at least 4 members (excludes halogenated alkanes) is 3. The van der Waals surface area contributed by atoms with Crippen LogP contribution in [0.2, 0.25) is 0 Å². The molecule has 0 aliphatic heterocycles. The molecule has 0 bridgehead atoms. The van der Waals surface area contributed by atoms with E-state index in [1.807, 2.05) is 6.92 Å². The maximum Gasteiger partial charge on any atom is 0.412 e. The minimum absolute atomic E-state index is 0.0700. The van der Waals surface area contributed by atoms with Gasteiger partial charge in [-0.15, -0.1) is 0 Å². The lowest BCUT2D eigenvalue weighted by molar-refractivity contribution is 0.0635. The van der Waals surface area contributed by atoms with Gasteiger partial charge in [0.1, 0.15) is 10.5 Å². The van der Waals surface area contributed by atoms with Crippen molar-refractivity contribution < 1.29 is 22.1 Å². The van der Waals surface area contributed by atoms with E-state index < -0.39 is 21.8 Å². The highest BCUT2D eigenvalue weighted by atomic mass is 32.2. The molecule has 7 heteroatoms. The molecule has 0 radical (unpaired) electrons. The van der Waals surface area contributed by atoms with E-state index in [0.717, 1.165) is 24.8 Å². The second kappa shape index (κ2) is 9.20. The first-order chi connectivity index (χ1) is 11.5. The van der Waals surface area contributed by atoms with E-state index in [1.54, 1.807) is 32.9 Å². The highest BCUT2D eigenvalue weighted by molar-refractivity contribution is 7.87. The van der Waals surface area contributed by atoms with Crippen molar-refractivity contribution in [3.8, 4) is 0 Å². The topological polar surface area (TPSA) is 81.7 Å². The molecule has 0 atom stereocenters. The standard InChI is InChI=1S/C18H29NO5S/c1-6-7-8-9-12-23-25(21,22)16-11-10-14(2)13-15(16)19-17(20)24-18(3,4)5/h10-11,13H,6-9,12H2,1-5H3,(H,19,20). The molecule has 1 aromatic rings. The molecule has 0 heterocycles. The summed E-state index contributed by atoms with van der Waals surface area (Å²) in [6.45, 7) is 9.22. The molecule has 0 saturated heterocycles. The highest BCUT2D eigenvalue weighted by Gasteiger charge is 2.23. The summed E-state index contributed by atoms with van der Waals surface area (Å²) in [5.41, 5.74) is 0.290. The minimum Gasteiger partial charge on any atom is -0.444 e. The molecular weight excluding hydrogens is 342 g/mol. The van der Waals surface area contributed by atoms with Gasteiger partial charge in [0.2, 0.25) is 0 Å². The van der Waals surface area contributed by atoms with Crippen LogP contribution < -0.4 is 5.32 Å². The summed E-state index contributed by atoms with van der Waals surface area (Å²) in [6.07, 6.45) is 2.99. The molecule has 0 aromatic heterocycles. The number of benzene rings is 1. The first kappa shape index (κ1) is 21.4. The Bertz CT molecular complexity index is 677. The van der Waals surface area contributed by atoms with Crippen molar-refractivity contribution in [3.63, 3.8) is 0 Å². The third kappa shape index (κ3) is 7.88. The molecule has 25 heavy (non-hydrogen) atoms. The van der Waals surface area contributed by atoms with Crippen molar-refractivity contribution in [1.29, 1.82) is 0 Å². The molecule has 0 spiro atoms. The largest absolute Gasteiger partial charge is 0.444 e. The zero-order chi connectivity index (χ0) is 19.1. The first-order valence-corrected chi connectivity index (χ1v) is 9.96. The highest BCUT2D eigenvalue weighted by Crippen LogP contribution is 2.25. The van der Waals surface area contributed by atoms with Crippen LogP contribution in [0.5, 0.6) is 0 Å². The van der Waals surface area contributed by atoms with Crippen molar-refractivity contribution in [2.75, 3.05) is 11.9 Å². The van der Waals surface area contributed by atoms with Crippen molar-refractivity contribution in [1.82, 2.24) is 0 Å². The summed E-state index contributed by atoms with van der Waals surface area (Å²) in [6, 6.07) is 4.67. The zero-order valence-electron chi connectivity index (χ0n) is 15.7. The quantitative estimate of drug-likeness (QED) is 0.532. The van der Waals surface area contributed by atoms with Crippen molar-refractivity contribution in [2.24, 2.45) is 0 Å². The third-order valence-electron chi connectivity index (χ3n) is 3.28. The van der Waals surface area contributed by atoms with E-state index >= 15 is 0 Å². The molecule has 0 fully saturated rings. The lowest BCUT2D eigenvalue weighted by Crippen LogP contribution is -2.27. The first-order valence-electron chi connectivity index (χ1n) is 8.55. The van der Waals surface area contributed by atoms with Crippen molar-refractivity contribution >= 4 is 21.9 Å². The Morgan fingerprint density at radius 2 is 1.84 bits per heavy atom. The summed E-state index contributed by atoms with van der Waals surface area (Å²) in [5, 5.41) is 2.50. The predicted octanol–water partition coefficient (Wildman–Crippen LogP) is 4.63. The van der Waals surface area contributed by atoms with Gasteiger partial charge in [0, 0.05) is 0 Å². The van der Waals surface area contributed by atoms with Crippen LogP contribution in [-0.4, -0.2) is 26.7 Å². The third-order valence-corrected chi connectivity index (χ3v) is 4.65. The van der Waals surface area contributed by atoms with E-state index in [1.165, 1.54) is 6.07 Å². The number of carbonyl (C=O) groups is 1. The van der Waals surface area contributed by atoms with E-state index in [2.05, 4.69) is 12.2 Å². The van der Waals surface area contributed by atoms with Crippen molar-refractivity contribution in [3.05, 3.63) is 23.8 Å². The van der Waals surface area contributed by atoms with Crippen LogP contribution in [0, 0.1) is 6.92 Å². The van der Waals surface area contributed by atoms with E-state index in [4.69, 9.17) is 8.92 Å². The summed E-state index contributed by atoms with van der Waals surface area (Å²) in [7, 11) is -3.95. The van der Waals surface area contributed by atoms with E-state index in [9.17, 15) is 13.2 Å². The van der Waals surface area contributed by atoms with Gasteiger partial charge in [0.25, 0.3) is 10.1 Å². The van der Waals surface area contributed by atoms with Gasteiger partial charge in [-0.1, -0.05) is 32.3 Å². The van der Waals surface area contributed by atoms with Gasteiger partial charge in [-0.05, 0) is 51.8 Å². The fourth-order valence-corrected chi connectivity index (χ4v) is 3.21. The van der Waals surface area contributed by atoms with Gasteiger partial charge < -0.3 is 4.74 Å². The lowest BCUT2D eigenvalue weighted by atomic mass is 10.2. The summed E-state index contributed by atoms with van der Waals surface area (Å²) < 4.78 is 35.2. The lowest BCUT2D eigenvalue weighted by Gasteiger charge is -2.20. The SMILES string of the molecule is CCCCCCOS(=O)(=O)c1ccc(C)cc1NC(=O)OC(C)(C)C. The van der Waals surface area contributed by atoms with Crippen LogP contribution in [0.4, 0.5) is 10.5 Å². The second-order valence-corrected chi connectivity index (χ2v) is 8.55. The fourth-order valence-electron chi connectivity index (χ4n) is 2.13. The van der Waals surface area contributed by atoms with Crippen LogP contribution in [0.3, 0.4) is 0 Å². The molecule has 0 aliphatic rings. The number of nitrogens with one attached hydrogen (secondary N) is 1. The molecule has 6 nitrogen and oxygen atoms in total. The number of aryl methyl sites for hydroxylation is 1. The monoisotopic (exact) mass is 371 g/mol. The Morgan fingerprint density at radius 3 is 2.44 bits per heavy atom. The molecule has 1 N–H and O–H groups in total. The number of carbonyl (C=O) groups excluding carboxylic acids is 1. The molecule has 142 valence electrons. The predicted molar refractivity (Wildman–Crippen MR) is 98.3 cm³/mol. The number of amides is 1. The number of hydrogen-bond acceptors (Lipinski definition) is 5. The molecule has 0 aliphatic carbocycles. The fraction of sp³-hybridized carbons (Fsp3) is 0.611. The zero-order valence-corrected chi connectivity index (χ0v) is 16.5. The molecule has 1 amide bonds. The molecule has 0 saturated carbocycles. The summed E-state index contributed by atoms with van der Waals surface area (Å²) in [4.78, 5) is 11.9. The average molecular weight is 371 g/mol. The second-order valence-electron chi connectivity index (χ2n) is 6.96. The smallest absolute Gasteiger partial charge is 0.412 e. The van der Waals surface area contributed by atoms with Crippen molar-refractivity contribution in [2.45, 2.75) is 70.8 Å². The average Bonchev–Trinajstić information content (AvgIpc) is 2.44. The van der Waals surface area contributed by atoms with E-state index in [-0.39, 0.29) is 17.2 Å². The van der Waals surface area contributed by atoms with Crippen LogP contribution in [0.25, 0.3) is 0 Å². The number of rotatable bonds is 8. The van der Waals surface area contributed by atoms with Crippen LogP contribution >= 0.6 is 0 Å². The maximum absolute atomic E-state index is 12.4. The summed E-state index contributed by atoms with van der Waals surface area (Å²) >= 11 is 0. The Hall–Kier alpha value is -1.60. The summed E-state index contributed by atoms with van der Waals surface area (Å²) in [5.74, 6) is 0. The molecule has 1 rings (SSSR count).